The average molecular weight is 314 g/mol. The maximum atomic E-state index is 12.1. The van der Waals surface area contributed by atoms with Crippen molar-refractivity contribution in [1.82, 2.24) is 9.88 Å². The first-order valence-electron chi connectivity index (χ1n) is 7.74. The molecule has 0 saturated heterocycles. The second kappa shape index (κ2) is 8.17. The van der Waals surface area contributed by atoms with E-state index < -0.39 is 5.97 Å². The monoisotopic (exact) mass is 314 g/mol. The summed E-state index contributed by atoms with van der Waals surface area (Å²) in [5.41, 5.74) is 1.47. The van der Waals surface area contributed by atoms with Crippen LogP contribution in [0.4, 0.5) is 0 Å². The van der Waals surface area contributed by atoms with Crippen molar-refractivity contribution in [2.75, 3.05) is 6.61 Å². The summed E-state index contributed by atoms with van der Waals surface area (Å²) in [5.74, 6) is -0.797. The van der Waals surface area contributed by atoms with Gasteiger partial charge >= 0.3 is 5.97 Å². The number of hydrogen-bond acceptors (Lipinski definition) is 3. The van der Waals surface area contributed by atoms with Crippen molar-refractivity contribution < 1.29 is 14.3 Å². The zero-order valence-electron chi connectivity index (χ0n) is 13.5. The summed E-state index contributed by atoms with van der Waals surface area (Å²) < 4.78 is 6.73. The molecule has 0 fully saturated rings. The first-order chi connectivity index (χ1) is 11.1. The van der Waals surface area contributed by atoms with Crippen LogP contribution in [0.15, 0.2) is 48.7 Å². The molecule has 0 bridgehead atoms. The molecule has 1 aromatic heterocycles. The van der Waals surface area contributed by atoms with E-state index in [9.17, 15) is 9.59 Å². The number of nitrogens with one attached hydrogen (secondary N) is 1. The molecule has 5 nitrogen and oxygen atoms in total. The van der Waals surface area contributed by atoms with Gasteiger partial charge in [0, 0.05) is 13.2 Å². The number of hydrogen-bond donors (Lipinski definition) is 1. The van der Waals surface area contributed by atoms with Crippen molar-refractivity contribution in [3.05, 3.63) is 59.9 Å². The highest BCUT2D eigenvalue weighted by Crippen LogP contribution is 2.17. The van der Waals surface area contributed by atoms with E-state index >= 15 is 0 Å². The van der Waals surface area contributed by atoms with E-state index in [1.807, 2.05) is 30.3 Å². The summed E-state index contributed by atoms with van der Waals surface area (Å²) in [4.78, 5) is 24.0. The molecule has 1 atom stereocenters. The summed E-state index contributed by atoms with van der Waals surface area (Å²) in [6, 6.07) is 13.1. The van der Waals surface area contributed by atoms with Gasteiger partial charge in [-0.3, -0.25) is 4.79 Å². The molecule has 5 heteroatoms. The van der Waals surface area contributed by atoms with Crippen molar-refractivity contribution in [3.8, 4) is 0 Å². The van der Waals surface area contributed by atoms with Gasteiger partial charge in [-0.2, -0.15) is 0 Å². The second-order valence-corrected chi connectivity index (χ2v) is 5.40. The molecular weight excluding hydrogens is 292 g/mol. The molecule has 1 aromatic carbocycles. The summed E-state index contributed by atoms with van der Waals surface area (Å²) in [7, 11) is 1.75. The second-order valence-electron chi connectivity index (χ2n) is 5.40. The fourth-order valence-corrected chi connectivity index (χ4v) is 2.41. The fraction of sp³-hybridized carbons (Fsp3) is 0.333. The number of benzene rings is 1. The molecule has 1 amide bonds. The summed E-state index contributed by atoms with van der Waals surface area (Å²) in [6.07, 6.45) is 3.54. The Labute approximate surface area is 136 Å². The Balaban J connectivity index is 1.90. The largest absolute Gasteiger partial charge is 0.451 e. The van der Waals surface area contributed by atoms with Gasteiger partial charge in [-0.25, -0.2) is 4.79 Å². The van der Waals surface area contributed by atoms with Crippen LogP contribution in [-0.2, 0) is 16.6 Å². The Morgan fingerprint density at radius 3 is 2.52 bits per heavy atom. The normalized spacial score (nSPS) is 11.7. The van der Waals surface area contributed by atoms with E-state index in [0.29, 0.717) is 5.69 Å². The highest BCUT2D eigenvalue weighted by molar-refractivity contribution is 5.90. The molecule has 1 heterocycles. The van der Waals surface area contributed by atoms with Crippen LogP contribution in [0.1, 0.15) is 41.9 Å². The van der Waals surface area contributed by atoms with Crippen LogP contribution in [0, 0.1) is 0 Å². The standard InChI is InChI=1S/C18H22N2O3/c1-3-8-15(14-9-5-4-6-10-14)19-17(21)13-23-18(22)16-11-7-12-20(16)2/h4-7,9-12,15H,3,8,13H2,1-2H3,(H,19,21)/t15-/m0/s1. The molecule has 2 aromatic rings. The lowest BCUT2D eigenvalue weighted by Gasteiger charge is -2.18. The fourth-order valence-electron chi connectivity index (χ4n) is 2.41. The van der Waals surface area contributed by atoms with Crippen molar-refractivity contribution in [2.24, 2.45) is 7.05 Å². The first-order valence-corrected chi connectivity index (χ1v) is 7.74. The molecule has 0 aliphatic carbocycles. The Bertz CT molecular complexity index is 649. The Kier molecular flexibility index (Phi) is 5.97. The molecule has 1 N–H and O–H groups in total. The van der Waals surface area contributed by atoms with Gasteiger partial charge in [-0.1, -0.05) is 43.7 Å². The van der Waals surface area contributed by atoms with Gasteiger partial charge in [-0.15, -0.1) is 0 Å². The minimum atomic E-state index is -0.501. The maximum Gasteiger partial charge on any atom is 0.355 e. The van der Waals surface area contributed by atoms with Gasteiger partial charge in [0.05, 0.1) is 6.04 Å². The molecule has 0 radical (unpaired) electrons. The topological polar surface area (TPSA) is 60.3 Å². The Morgan fingerprint density at radius 2 is 1.91 bits per heavy atom. The smallest absolute Gasteiger partial charge is 0.355 e. The predicted molar refractivity (Wildman–Crippen MR) is 87.9 cm³/mol. The summed E-state index contributed by atoms with van der Waals surface area (Å²) in [5, 5.41) is 2.93. The zero-order chi connectivity index (χ0) is 16.7. The molecule has 0 unspecified atom stereocenters. The third-order valence-electron chi connectivity index (χ3n) is 3.60. The van der Waals surface area contributed by atoms with E-state index in [4.69, 9.17) is 4.74 Å². The number of aromatic nitrogens is 1. The third-order valence-corrected chi connectivity index (χ3v) is 3.60. The van der Waals surface area contributed by atoms with E-state index in [2.05, 4.69) is 12.2 Å². The van der Waals surface area contributed by atoms with Gasteiger partial charge in [-0.05, 0) is 24.1 Å². The number of rotatable bonds is 7. The molecule has 122 valence electrons. The summed E-state index contributed by atoms with van der Waals surface area (Å²) >= 11 is 0. The lowest BCUT2D eigenvalue weighted by molar-refractivity contribution is -0.125. The molecule has 0 aliphatic rings. The number of carbonyl (C=O) groups is 2. The van der Waals surface area contributed by atoms with Crippen molar-refractivity contribution in [3.63, 3.8) is 0 Å². The quantitative estimate of drug-likeness (QED) is 0.799. The Hall–Kier alpha value is -2.56. The van der Waals surface area contributed by atoms with Gasteiger partial charge in [0.25, 0.3) is 5.91 Å². The number of amides is 1. The molecule has 0 spiro atoms. The van der Waals surface area contributed by atoms with E-state index in [1.165, 1.54) is 0 Å². The van der Waals surface area contributed by atoms with Gasteiger partial charge in [0.15, 0.2) is 6.61 Å². The van der Waals surface area contributed by atoms with Gasteiger partial charge in [0.1, 0.15) is 5.69 Å². The average Bonchev–Trinajstić information content (AvgIpc) is 2.99. The van der Waals surface area contributed by atoms with E-state index in [0.717, 1.165) is 18.4 Å². The number of esters is 1. The zero-order valence-corrected chi connectivity index (χ0v) is 13.5. The predicted octanol–water partition coefficient (Wildman–Crippen LogP) is 2.84. The molecule has 2 rings (SSSR count). The van der Waals surface area contributed by atoms with Crippen LogP contribution in [-0.4, -0.2) is 23.1 Å². The first kappa shape index (κ1) is 16.8. The van der Waals surface area contributed by atoms with E-state index in [-0.39, 0.29) is 18.6 Å². The van der Waals surface area contributed by atoms with Crippen LogP contribution in [0.3, 0.4) is 0 Å². The van der Waals surface area contributed by atoms with Crippen LogP contribution in [0.25, 0.3) is 0 Å². The van der Waals surface area contributed by atoms with E-state index in [1.54, 1.807) is 29.9 Å². The molecule has 0 aliphatic heterocycles. The van der Waals surface area contributed by atoms with Gasteiger partial charge < -0.3 is 14.6 Å². The SMILES string of the molecule is CCC[C@H](NC(=O)COC(=O)c1cccn1C)c1ccccc1. The third kappa shape index (κ3) is 4.71. The number of aryl methyl sites for hydroxylation is 1. The minimum absolute atomic E-state index is 0.0672. The Morgan fingerprint density at radius 1 is 1.17 bits per heavy atom. The van der Waals surface area contributed by atoms with Crippen molar-refractivity contribution >= 4 is 11.9 Å². The molecule has 0 saturated carbocycles. The van der Waals surface area contributed by atoms with Crippen LogP contribution >= 0.6 is 0 Å². The number of nitrogens with zero attached hydrogens (tertiary/aromatic N) is 1. The van der Waals surface area contributed by atoms with Crippen molar-refractivity contribution in [2.45, 2.75) is 25.8 Å². The van der Waals surface area contributed by atoms with Crippen LogP contribution in [0.5, 0.6) is 0 Å². The van der Waals surface area contributed by atoms with Crippen molar-refractivity contribution in [1.29, 1.82) is 0 Å². The molecular formula is C18H22N2O3. The van der Waals surface area contributed by atoms with Crippen LogP contribution < -0.4 is 5.32 Å². The lowest BCUT2D eigenvalue weighted by Crippen LogP contribution is -2.32. The molecule has 23 heavy (non-hydrogen) atoms. The highest BCUT2D eigenvalue weighted by atomic mass is 16.5. The van der Waals surface area contributed by atoms with Crippen LogP contribution in [0.2, 0.25) is 0 Å². The minimum Gasteiger partial charge on any atom is -0.451 e. The lowest BCUT2D eigenvalue weighted by atomic mass is 10.0. The number of ether oxygens (including phenoxy) is 1. The maximum absolute atomic E-state index is 12.1. The van der Waals surface area contributed by atoms with Gasteiger partial charge in [0.2, 0.25) is 0 Å². The highest BCUT2D eigenvalue weighted by Gasteiger charge is 2.16. The number of carbonyl (C=O) groups excluding carboxylic acids is 2. The summed E-state index contributed by atoms with van der Waals surface area (Å²) in [6.45, 7) is 1.79.